The first-order chi connectivity index (χ1) is 10.8. The summed E-state index contributed by atoms with van der Waals surface area (Å²) in [5, 5.41) is 0. The molecule has 0 spiro atoms. The lowest BCUT2D eigenvalue weighted by Gasteiger charge is -2.31. The van der Waals surface area contributed by atoms with Gasteiger partial charge in [0.1, 0.15) is 6.26 Å². The van der Waals surface area contributed by atoms with Crippen LogP contribution >= 0.6 is 0 Å². The molecule has 0 radical (unpaired) electrons. The van der Waals surface area contributed by atoms with E-state index in [9.17, 15) is 9.59 Å². The van der Waals surface area contributed by atoms with E-state index in [1.54, 1.807) is 0 Å². The molecule has 0 saturated carbocycles. The molecule has 0 aliphatic rings. The number of esters is 2. The van der Waals surface area contributed by atoms with Crippen molar-refractivity contribution in [2.75, 3.05) is 27.9 Å². The molecule has 0 aromatic heterocycles. The summed E-state index contributed by atoms with van der Waals surface area (Å²) in [6, 6.07) is 0. The van der Waals surface area contributed by atoms with Crippen LogP contribution in [0.4, 0.5) is 0 Å². The number of carbonyl (C=O) groups is 2. The predicted octanol–water partition coefficient (Wildman–Crippen LogP) is 2.21. The van der Waals surface area contributed by atoms with Gasteiger partial charge in [-0.1, -0.05) is 13.5 Å². The second kappa shape index (κ2) is 10.3. The van der Waals surface area contributed by atoms with Crippen molar-refractivity contribution in [1.29, 1.82) is 0 Å². The Kier molecular flexibility index (Phi) is 9.66. The predicted molar refractivity (Wildman–Crippen MR) is 86.4 cm³/mol. The van der Waals surface area contributed by atoms with Crippen LogP contribution in [-0.4, -0.2) is 48.7 Å². The zero-order valence-electron chi connectivity index (χ0n) is 14.6. The maximum Gasteiger partial charge on any atom is 0.506 e. The molecule has 0 bridgehead atoms. The summed E-state index contributed by atoms with van der Waals surface area (Å²) < 4.78 is 26.2. The van der Waals surface area contributed by atoms with E-state index in [1.807, 2.05) is 6.92 Å². The van der Waals surface area contributed by atoms with Gasteiger partial charge in [-0.05, 0) is 20.3 Å². The van der Waals surface area contributed by atoms with Gasteiger partial charge >= 0.3 is 20.7 Å². The third kappa shape index (κ3) is 6.26. The van der Waals surface area contributed by atoms with Crippen molar-refractivity contribution in [2.45, 2.75) is 32.7 Å². The van der Waals surface area contributed by atoms with E-state index < -0.39 is 20.7 Å². The van der Waals surface area contributed by atoms with Gasteiger partial charge in [-0.15, -0.1) is 0 Å². The van der Waals surface area contributed by atoms with E-state index in [0.29, 0.717) is 6.42 Å². The highest BCUT2D eigenvalue weighted by atomic mass is 28.4. The van der Waals surface area contributed by atoms with Crippen LogP contribution in [0.2, 0.25) is 5.54 Å². The summed E-state index contributed by atoms with van der Waals surface area (Å²) in [6.07, 6.45) is 1.70. The molecule has 0 aliphatic carbocycles. The first-order valence-corrected chi connectivity index (χ1v) is 8.93. The van der Waals surface area contributed by atoms with Crippen molar-refractivity contribution in [3.05, 3.63) is 24.0 Å². The highest BCUT2D eigenvalue weighted by Crippen LogP contribution is 2.27. The molecule has 0 saturated heterocycles. The average Bonchev–Trinajstić information content (AvgIpc) is 2.55. The quantitative estimate of drug-likeness (QED) is 0.260. The van der Waals surface area contributed by atoms with Crippen molar-refractivity contribution < 1.29 is 32.3 Å². The van der Waals surface area contributed by atoms with E-state index in [0.717, 1.165) is 6.26 Å². The minimum absolute atomic E-state index is 0.0800. The lowest BCUT2D eigenvalue weighted by molar-refractivity contribution is -0.139. The molecule has 23 heavy (non-hydrogen) atoms. The normalized spacial score (nSPS) is 13.4. The van der Waals surface area contributed by atoms with Gasteiger partial charge in [0.15, 0.2) is 0 Å². The highest BCUT2D eigenvalue weighted by Gasteiger charge is 2.47. The number of hydrogen-bond acceptors (Lipinski definition) is 7. The third-order valence-corrected chi connectivity index (χ3v) is 6.56. The molecule has 1 atom stereocenters. The van der Waals surface area contributed by atoms with Gasteiger partial charge in [-0.25, -0.2) is 9.59 Å². The van der Waals surface area contributed by atoms with Crippen LogP contribution in [0.3, 0.4) is 0 Å². The Balaban J connectivity index is 4.74. The summed E-state index contributed by atoms with van der Waals surface area (Å²) in [4.78, 5) is 23.2. The molecule has 132 valence electrons. The fourth-order valence-electron chi connectivity index (χ4n) is 1.80. The van der Waals surface area contributed by atoms with Crippen LogP contribution in [0.15, 0.2) is 24.0 Å². The molecule has 0 heterocycles. The van der Waals surface area contributed by atoms with E-state index in [2.05, 4.69) is 6.58 Å². The molecule has 0 rings (SSSR count). The molecule has 0 N–H and O–H groups in total. The third-order valence-electron chi connectivity index (χ3n) is 3.28. The summed E-state index contributed by atoms with van der Waals surface area (Å²) in [6.45, 7) is 8.45. The van der Waals surface area contributed by atoms with Gasteiger partial charge in [0, 0.05) is 26.9 Å². The summed E-state index contributed by atoms with van der Waals surface area (Å²) in [7, 11) is 1.62. The second-order valence-electron chi connectivity index (χ2n) is 4.91. The zero-order valence-corrected chi connectivity index (χ0v) is 15.6. The summed E-state index contributed by atoms with van der Waals surface area (Å²) >= 11 is 0. The Hall–Kier alpha value is -1.48. The molecule has 7 nitrogen and oxygen atoms in total. The molecular formula is C15H26O7Si. The van der Waals surface area contributed by atoms with E-state index in [-0.39, 0.29) is 23.3 Å². The standard InChI is InChI=1S/C15H26O7Si/c1-8-13(23(18-5,19-6)20-7)10-22-15(17)12(4)9-21-14(16)11(2)3/h9,13H,2,8,10H2,1,3-7H3/b12-9+. The van der Waals surface area contributed by atoms with Crippen LogP contribution in [0, 0.1) is 0 Å². The van der Waals surface area contributed by atoms with Crippen molar-refractivity contribution in [3.63, 3.8) is 0 Å². The van der Waals surface area contributed by atoms with Crippen LogP contribution in [0.5, 0.6) is 0 Å². The van der Waals surface area contributed by atoms with Gasteiger partial charge in [0.25, 0.3) is 0 Å². The summed E-state index contributed by atoms with van der Waals surface area (Å²) in [5.41, 5.74) is 0.204. The molecule has 1 unspecified atom stereocenters. The maximum atomic E-state index is 11.9. The van der Waals surface area contributed by atoms with Gasteiger partial charge in [-0.3, -0.25) is 0 Å². The number of carbonyl (C=O) groups excluding carboxylic acids is 2. The van der Waals surface area contributed by atoms with Crippen LogP contribution in [0.1, 0.15) is 27.2 Å². The van der Waals surface area contributed by atoms with Crippen LogP contribution in [0.25, 0.3) is 0 Å². The Labute approximate surface area is 138 Å². The average molecular weight is 346 g/mol. The lowest BCUT2D eigenvalue weighted by atomic mass is 10.3. The minimum Gasteiger partial charge on any atom is -0.462 e. The second-order valence-corrected chi connectivity index (χ2v) is 8.15. The molecule has 0 aromatic carbocycles. The maximum absolute atomic E-state index is 11.9. The Morgan fingerprint density at radius 1 is 1.09 bits per heavy atom. The minimum atomic E-state index is -2.89. The van der Waals surface area contributed by atoms with E-state index >= 15 is 0 Å². The summed E-state index contributed by atoms with van der Waals surface area (Å²) in [5.74, 6) is -1.20. The number of hydrogen-bond donors (Lipinski definition) is 0. The van der Waals surface area contributed by atoms with Crippen molar-refractivity contribution in [1.82, 2.24) is 0 Å². The van der Waals surface area contributed by atoms with Gasteiger partial charge in [-0.2, -0.15) is 0 Å². The fraction of sp³-hybridized carbons (Fsp3) is 0.600. The van der Waals surface area contributed by atoms with Crippen LogP contribution < -0.4 is 0 Å². The van der Waals surface area contributed by atoms with Crippen molar-refractivity contribution in [2.24, 2.45) is 0 Å². The SMILES string of the molecule is C=C(C)C(=O)O/C=C(\C)C(=O)OCC(CC)[Si](OC)(OC)OC. The van der Waals surface area contributed by atoms with Crippen molar-refractivity contribution in [3.8, 4) is 0 Å². The Morgan fingerprint density at radius 2 is 1.61 bits per heavy atom. The van der Waals surface area contributed by atoms with Gasteiger partial charge < -0.3 is 22.8 Å². The first kappa shape index (κ1) is 21.5. The van der Waals surface area contributed by atoms with Gasteiger partial charge in [0.05, 0.1) is 17.7 Å². The Bertz CT molecular complexity index is 446. The largest absolute Gasteiger partial charge is 0.506 e. The van der Waals surface area contributed by atoms with Crippen LogP contribution in [-0.2, 0) is 32.3 Å². The van der Waals surface area contributed by atoms with E-state index in [4.69, 9.17) is 22.8 Å². The molecule has 0 aliphatic heterocycles. The van der Waals surface area contributed by atoms with E-state index in [1.165, 1.54) is 35.2 Å². The topological polar surface area (TPSA) is 80.3 Å². The number of rotatable bonds is 10. The first-order valence-electron chi connectivity index (χ1n) is 7.13. The van der Waals surface area contributed by atoms with Crippen molar-refractivity contribution >= 4 is 20.7 Å². The molecule has 8 heteroatoms. The molecule has 0 aromatic rings. The fourth-order valence-corrected chi connectivity index (χ4v) is 4.09. The molecule has 0 amide bonds. The Morgan fingerprint density at radius 3 is 2.00 bits per heavy atom. The monoisotopic (exact) mass is 346 g/mol. The number of ether oxygens (including phenoxy) is 2. The lowest BCUT2D eigenvalue weighted by Crippen LogP contribution is -2.49. The highest BCUT2D eigenvalue weighted by molar-refractivity contribution is 6.62. The molecule has 0 fully saturated rings. The zero-order chi connectivity index (χ0) is 18.0. The molecular weight excluding hydrogens is 320 g/mol. The van der Waals surface area contributed by atoms with Gasteiger partial charge in [0.2, 0.25) is 0 Å². The smallest absolute Gasteiger partial charge is 0.462 e.